The lowest BCUT2D eigenvalue weighted by atomic mass is 10.2. The fourth-order valence-corrected chi connectivity index (χ4v) is 1.63. The summed E-state index contributed by atoms with van der Waals surface area (Å²) in [4.78, 5) is 4.02. The van der Waals surface area contributed by atoms with Gasteiger partial charge in [-0.25, -0.2) is 4.98 Å². The SMILES string of the molecule is Clc1cnc(NN=Cc2ccccc2)c(Cl)c1. The lowest BCUT2D eigenvalue weighted by Crippen LogP contribution is -1.94. The molecule has 0 fully saturated rings. The van der Waals surface area contributed by atoms with Crippen molar-refractivity contribution in [1.29, 1.82) is 0 Å². The summed E-state index contributed by atoms with van der Waals surface area (Å²) in [6, 6.07) is 11.3. The molecule has 0 saturated heterocycles. The lowest BCUT2D eigenvalue weighted by molar-refractivity contribution is 1.23. The van der Waals surface area contributed by atoms with E-state index in [4.69, 9.17) is 23.2 Å². The maximum absolute atomic E-state index is 5.93. The van der Waals surface area contributed by atoms with E-state index in [1.165, 1.54) is 6.20 Å². The third-order valence-corrected chi connectivity index (χ3v) is 2.49. The second-order valence-electron chi connectivity index (χ2n) is 3.26. The van der Waals surface area contributed by atoms with Crippen LogP contribution >= 0.6 is 23.2 Å². The molecule has 0 amide bonds. The first-order valence-electron chi connectivity index (χ1n) is 4.91. The van der Waals surface area contributed by atoms with E-state index in [1.807, 2.05) is 30.3 Å². The number of benzene rings is 1. The van der Waals surface area contributed by atoms with E-state index >= 15 is 0 Å². The van der Waals surface area contributed by atoms with E-state index < -0.39 is 0 Å². The molecule has 5 heteroatoms. The predicted octanol–water partition coefficient (Wildman–Crippen LogP) is 3.83. The van der Waals surface area contributed by atoms with Gasteiger partial charge in [-0.1, -0.05) is 53.5 Å². The fraction of sp³-hybridized carbons (Fsp3) is 0. The van der Waals surface area contributed by atoms with Gasteiger partial charge in [-0.15, -0.1) is 0 Å². The van der Waals surface area contributed by atoms with Gasteiger partial charge in [-0.2, -0.15) is 5.10 Å². The van der Waals surface area contributed by atoms with Crippen LogP contribution in [0.2, 0.25) is 10.0 Å². The Morgan fingerprint density at radius 3 is 2.65 bits per heavy atom. The molecule has 1 N–H and O–H groups in total. The van der Waals surface area contributed by atoms with Gasteiger partial charge in [0.1, 0.15) is 0 Å². The molecule has 2 rings (SSSR count). The van der Waals surface area contributed by atoms with Crippen LogP contribution in [0, 0.1) is 0 Å². The smallest absolute Gasteiger partial charge is 0.165 e. The number of pyridine rings is 1. The summed E-state index contributed by atoms with van der Waals surface area (Å²) < 4.78 is 0. The monoisotopic (exact) mass is 265 g/mol. The lowest BCUT2D eigenvalue weighted by Gasteiger charge is -2.01. The van der Waals surface area contributed by atoms with Gasteiger partial charge in [0.2, 0.25) is 0 Å². The number of hydrogen-bond donors (Lipinski definition) is 1. The van der Waals surface area contributed by atoms with Crippen molar-refractivity contribution >= 4 is 35.2 Å². The van der Waals surface area contributed by atoms with Crippen molar-refractivity contribution in [3.05, 3.63) is 58.2 Å². The average Bonchev–Trinajstić information content (AvgIpc) is 2.33. The van der Waals surface area contributed by atoms with Crippen molar-refractivity contribution in [1.82, 2.24) is 4.98 Å². The van der Waals surface area contributed by atoms with Crippen molar-refractivity contribution < 1.29 is 0 Å². The highest BCUT2D eigenvalue weighted by atomic mass is 35.5. The minimum Gasteiger partial charge on any atom is -0.260 e. The second-order valence-corrected chi connectivity index (χ2v) is 4.11. The molecular weight excluding hydrogens is 257 g/mol. The van der Waals surface area contributed by atoms with E-state index in [1.54, 1.807) is 12.3 Å². The minimum absolute atomic E-state index is 0.433. The molecule has 0 unspecified atom stereocenters. The third-order valence-electron chi connectivity index (χ3n) is 1.99. The first-order chi connectivity index (χ1) is 8.25. The first kappa shape index (κ1) is 11.9. The van der Waals surface area contributed by atoms with Gasteiger partial charge < -0.3 is 0 Å². The second kappa shape index (κ2) is 5.66. The molecule has 1 heterocycles. The highest BCUT2D eigenvalue weighted by Crippen LogP contribution is 2.22. The molecule has 86 valence electrons. The van der Waals surface area contributed by atoms with Crippen LogP contribution < -0.4 is 5.43 Å². The zero-order valence-corrected chi connectivity index (χ0v) is 10.3. The van der Waals surface area contributed by atoms with Crippen molar-refractivity contribution in [2.24, 2.45) is 5.10 Å². The summed E-state index contributed by atoms with van der Waals surface area (Å²) in [5.74, 6) is 0.475. The molecule has 0 saturated carbocycles. The van der Waals surface area contributed by atoms with Gasteiger partial charge >= 0.3 is 0 Å². The van der Waals surface area contributed by atoms with Gasteiger partial charge in [0.25, 0.3) is 0 Å². The van der Waals surface area contributed by atoms with Crippen molar-refractivity contribution in [2.45, 2.75) is 0 Å². The molecule has 0 bridgehead atoms. The fourth-order valence-electron chi connectivity index (χ4n) is 1.20. The Balaban J connectivity index is 2.05. The number of hydrogen-bond acceptors (Lipinski definition) is 3. The number of nitrogens with zero attached hydrogens (tertiary/aromatic N) is 2. The Labute approximate surface area is 109 Å². The van der Waals surface area contributed by atoms with E-state index in [-0.39, 0.29) is 0 Å². The predicted molar refractivity (Wildman–Crippen MR) is 71.9 cm³/mol. The summed E-state index contributed by atoms with van der Waals surface area (Å²) in [7, 11) is 0. The molecule has 1 aromatic carbocycles. The highest BCUT2D eigenvalue weighted by molar-refractivity contribution is 6.35. The Morgan fingerprint density at radius 1 is 1.18 bits per heavy atom. The van der Waals surface area contributed by atoms with Crippen LogP contribution in [0.15, 0.2) is 47.7 Å². The Bertz CT molecular complexity index is 527. The van der Waals surface area contributed by atoms with E-state index in [0.29, 0.717) is 15.9 Å². The van der Waals surface area contributed by atoms with E-state index in [0.717, 1.165) is 5.56 Å². The van der Waals surface area contributed by atoms with Crippen LogP contribution in [0.25, 0.3) is 0 Å². The summed E-state index contributed by atoms with van der Waals surface area (Å²) in [5.41, 5.74) is 3.75. The normalized spacial score (nSPS) is 10.7. The van der Waals surface area contributed by atoms with E-state index in [2.05, 4.69) is 15.5 Å². The zero-order valence-electron chi connectivity index (χ0n) is 8.77. The van der Waals surface area contributed by atoms with Gasteiger partial charge in [0, 0.05) is 6.20 Å². The molecule has 17 heavy (non-hydrogen) atoms. The van der Waals surface area contributed by atoms with E-state index in [9.17, 15) is 0 Å². The summed E-state index contributed by atoms with van der Waals surface area (Å²) in [6.07, 6.45) is 3.19. The van der Waals surface area contributed by atoms with Gasteiger partial charge in [-0.05, 0) is 11.6 Å². The first-order valence-corrected chi connectivity index (χ1v) is 5.66. The number of hydrazone groups is 1. The van der Waals surface area contributed by atoms with Crippen molar-refractivity contribution in [3.63, 3.8) is 0 Å². The number of aromatic nitrogens is 1. The molecule has 1 aromatic heterocycles. The zero-order chi connectivity index (χ0) is 12.1. The van der Waals surface area contributed by atoms with Crippen LogP contribution in [0.1, 0.15) is 5.56 Å². The quantitative estimate of drug-likeness (QED) is 0.677. The van der Waals surface area contributed by atoms with Crippen LogP contribution in [-0.4, -0.2) is 11.2 Å². The van der Waals surface area contributed by atoms with Gasteiger partial charge in [0.05, 0.1) is 16.3 Å². The summed E-state index contributed by atoms with van der Waals surface area (Å²) in [5, 5.41) is 4.96. The topological polar surface area (TPSA) is 37.3 Å². The number of anilines is 1. The molecular formula is C12H9Cl2N3. The maximum Gasteiger partial charge on any atom is 0.165 e. The maximum atomic E-state index is 5.93. The van der Waals surface area contributed by atoms with Gasteiger partial charge in [-0.3, -0.25) is 5.43 Å². The minimum atomic E-state index is 0.433. The molecule has 3 nitrogen and oxygen atoms in total. The largest absolute Gasteiger partial charge is 0.260 e. The molecule has 2 aromatic rings. The van der Waals surface area contributed by atoms with Crippen LogP contribution in [0.4, 0.5) is 5.82 Å². The summed E-state index contributed by atoms with van der Waals surface area (Å²) in [6.45, 7) is 0. The highest BCUT2D eigenvalue weighted by Gasteiger charge is 2.00. The number of rotatable bonds is 3. The molecule has 0 aliphatic carbocycles. The van der Waals surface area contributed by atoms with Crippen molar-refractivity contribution in [3.8, 4) is 0 Å². The number of halogens is 2. The van der Waals surface area contributed by atoms with Crippen LogP contribution in [0.3, 0.4) is 0 Å². The average molecular weight is 266 g/mol. The molecule has 0 radical (unpaired) electrons. The Morgan fingerprint density at radius 2 is 1.94 bits per heavy atom. The molecule has 0 aliphatic heterocycles. The van der Waals surface area contributed by atoms with Crippen molar-refractivity contribution in [2.75, 3.05) is 5.43 Å². The number of nitrogens with one attached hydrogen (secondary N) is 1. The van der Waals surface area contributed by atoms with Gasteiger partial charge in [0.15, 0.2) is 5.82 Å². The summed E-state index contributed by atoms with van der Waals surface area (Å²) >= 11 is 11.7. The van der Waals surface area contributed by atoms with Crippen LogP contribution in [-0.2, 0) is 0 Å². The Kier molecular flexibility index (Phi) is 3.96. The standard InChI is InChI=1S/C12H9Cl2N3/c13-10-6-11(14)12(15-8-10)17-16-7-9-4-2-1-3-5-9/h1-8H,(H,15,17). The molecule has 0 spiro atoms. The molecule has 0 aliphatic rings. The third kappa shape index (κ3) is 3.44. The molecule has 0 atom stereocenters. The van der Waals surface area contributed by atoms with Crippen LogP contribution in [0.5, 0.6) is 0 Å². The Hall–Kier alpha value is -1.58.